The predicted molar refractivity (Wildman–Crippen MR) is 109 cm³/mol. The van der Waals surface area contributed by atoms with Crippen LogP contribution in [-0.4, -0.2) is 76.8 Å². The van der Waals surface area contributed by atoms with Crippen molar-refractivity contribution in [2.45, 2.75) is 49.9 Å². The van der Waals surface area contributed by atoms with Crippen LogP contribution in [0.3, 0.4) is 0 Å². The summed E-state index contributed by atoms with van der Waals surface area (Å²) in [7, 11) is 0. The maximum Gasteiger partial charge on any atom is 0.326 e. The van der Waals surface area contributed by atoms with Crippen LogP contribution in [0.25, 0.3) is 0 Å². The number of hydrogen-bond donors (Lipinski definition) is 5. The fraction of sp³-hybridized carbons (Fsp3) is 0.571. The minimum atomic E-state index is -1.19. The molecule has 0 saturated carbocycles. The molecular formula is C21H30N4O5. The number of carboxylic acid groups (broad SMARTS) is 1. The topological polar surface area (TPSA) is 145 Å². The fourth-order valence-electron chi connectivity index (χ4n) is 4.17. The third-order valence-corrected chi connectivity index (χ3v) is 5.92. The molecule has 0 bridgehead atoms. The number of amides is 2. The summed E-state index contributed by atoms with van der Waals surface area (Å²) < 4.78 is 0. The number of rotatable bonds is 8. The Morgan fingerprint density at radius 2 is 1.97 bits per heavy atom. The second kappa shape index (κ2) is 10.0. The number of aliphatic carboxylic acids is 1. The van der Waals surface area contributed by atoms with E-state index >= 15 is 0 Å². The molecule has 2 saturated heterocycles. The standard InChI is InChI=1S/C21H30N4O5/c22-10-14-8-16(23-11-14)20(28)25-12-15(9-17(25)21(29)30)24-19(27)18(26)7-6-13-4-2-1-3-5-13/h1-5,14-18,23,26H,6-12,22H2,(H,24,27)(H,29,30)/t14-,15+,16-,17-,18+/m0/s1. The minimum absolute atomic E-state index is 0.110. The summed E-state index contributed by atoms with van der Waals surface area (Å²) in [6, 6.07) is 7.58. The van der Waals surface area contributed by atoms with Crippen molar-refractivity contribution >= 4 is 17.8 Å². The van der Waals surface area contributed by atoms with Crippen LogP contribution in [0.5, 0.6) is 0 Å². The van der Waals surface area contributed by atoms with E-state index in [4.69, 9.17) is 5.73 Å². The van der Waals surface area contributed by atoms with Gasteiger partial charge < -0.3 is 31.5 Å². The van der Waals surface area contributed by atoms with Gasteiger partial charge in [0.05, 0.1) is 6.04 Å². The molecule has 6 N–H and O–H groups in total. The average molecular weight is 418 g/mol. The first-order valence-corrected chi connectivity index (χ1v) is 10.4. The number of likely N-dealkylation sites (tertiary alicyclic amines) is 1. The lowest BCUT2D eigenvalue weighted by molar-refractivity contribution is -0.148. The van der Waals surface area contributed by atoms with Gasteiger partial charge in [-0.3, -0.25) is 9.59 Å². The first-order valence-electron chi connectivity index (χ1n) is 10.4. The molecule has 2 fully saturated rings. The maximum absolute atomic E-state index is 12.8. The van der Waals surface area contributed by atoms with E-state index in [1.807, 2.05) is 30.3 Å². The average Bonchev–Trinajstić information content (AvgIpc) is 3.39. The van der Waals surface area contributed by atoms with Gasteiger partial charge in [-0.15, -0.1) is 0 Å². The molecule has 0 aliphatic carbocycles. The highest BCUT2D eigenvalue weighted by Crippen LogP contribution is 2.23. The maximum atomic E-state index is 12.8. The SMILES string of the molecule is NC[C@H]1CN[C@H](C(=O)N2C[C@H](NC(=O)[C@H](O)CCc3ccccc3)C[C@H]2C(=O)O)C1. The molecule has 164 valence electrons. The summed E-state index contributed by atoms with van der Waals surface area (Å²) >= 11 is 0. The molecule has 0 aromatic heterocycles. The molecule has 2 aliphatic heterocycles. The third kappa shape index (κ3) is 5.35. The lowest BCUT2D eigenvalue weighted by atomic mass is 10.1. The van der Waals surface area contributed by atoms with Crippen molar-refractivity contribution in [2.75, 3.05) is 19.6 Å². The molecule has 0 spiro atoms. The van der Waals surface area contributed by atoms with Crippen LogP contribution in [0.15, 0.2) is 30.3 Å². The minimum Gasteiger partial charge on any atom is -0.480 e. The number of benzene rings is 1. The Morgan fingerprint density at radius 1 is 1.23 bits per heavy atom. The van der Waals surface area contributed by atoms with Crippen molar-refractivity contribution < 1.29 is 24.6 Å². The number of carbonyl (C=O) groups excluding carboxylic acids is 2. The summed E-state index contributed by atoms with van der Waals surface area (Å²) in [5.74, 6) is -1.73. The number of nitrogens with zero attached hydrogens (tertiary/aromatic N) is 1. The third-order valence-electron chi connectivity index (χ3n) is 5.92. The van der Waals surface area contributed by atoms with Gasteiger partial charge in [0.1, 0.15) is 12.1 Å². The first kappa shape index (κ1) is 22.2. The number of carboxylic acids is 1. The van der Waals surface area contributed by atoms with Crippen molar-refractivity contribution in [3.8, 4) is 0 Å². The van der Waals surface area contributed by atoms with Gasteiger partial charge in [0.25, 0.3) is 0 Å². The van der Waals surface area contributed by atoms with E-state index in [-0.39, 0.29) is 31.2 Å². The normalized spacial score (nSPS) is 27.1. The number of carbonyl (C=O) groups is 3. The first-order chi connectivity index (χ1) is 14.4. The summed E-state index contributed by atoms with van der Waals surface area (Å²) in [6.45, 7) is 1.21. The highest BCUT2D eigenvalue weighted by Gasteiger charge is 2.43. The van der Waals surface area contributed by atoms with Crippen LogP contribution in [0.2, 0.25) is 0 Å². The van der Waals surface area contributed by atoms with Crippen molar-refractivity contribution in [1.29, 1.82) is 0 Å². The zero-order valence-electron chi connectivity index (χ0n) is 16.9. The van der Waals surface area contributed by atoms with E-state index in [9.17, 15) is 24.6 Å². The summed E-state index contributed by atoms with van der Waals surface area (Å²) in [4.78, 5) is 38.2. The van der Waals surface area contributed by atoms with Gasteiger partial charge in [0, 0.05) is 19.0 Å². The zero-order chi connectivity index (χ0) is 21.7. The van der Waals surface area contributed by atoms with E-state index < -0.39 is 36.1 Å². The van der Waals surface area contributed by atoms with Gasteiger partial charge in [-0.25, -0.2) is 4.79 Å². The Balaban J connectivity index is 1.54. The predicted octanol–water partition coefficient (Wildman–Crippen LogP) is -0.913. The monoisotopic (exact) mass is 418 g/mol. The lowest BCUT2D eigenvalue weighted by Gasteiger charge is -2.25. The van der Waals surface area contributed by atoms with Gasteiger partial charge in [0.2, 0.25) is 11.8 Å². The smallest absolute Gasteiger partial charge is 0.326 e. The summed E-state index contributed by atoms with van der Waals surface area (Å²) in [6.07, 6.45) is 0.316. The zero-order valence-corrected chi connectivity index (χ0v) is 16.9. The largest absolute Gasteiger partial charge is 0.480 e. The van der Waals surface area contributed by atoms with E-state index in [1.165, 1.54) is 4.90 Å². The van der Waals surface area contributed by atoms with Gasteiger partial charge >= 0.3 is 5.97 Å². The molecule has 2 heterocycles. The number of aliphatic hydroxyl groups is 1. The molecule has 0 radical (unpaired) electrons. The van der Waals surface area contributed by atoms with E-state index in [0.29, 0.717) is 25.9 Å². The van der Waals surface area contributed by atoms with Gasteiger partial charge in [-0.1, -0.05) is 30.3 Å². The Kier molecular flexibility index (Phi) is 7.41. The van der Waals surface area contributed by atoms with Crippen LogP contribution in [0, 0.1) is 5.92 Å². The van der Waals surface area contributed by atoms with E-state index in [1.54, 1.807) is 0 Å². The number of nitrogens with one attached hydrogen (secondary N) is 2. The second-order valence-corrected chi connectivity index (χ2v) is 8.12. The Bertz CT molecular complexity index is 759. The molecule has 0 unspecified atom stereocenters. The Labute approximate surface area is 175 Å². The van der Waals surface area contributed by atoms with Gasteiger partial charge in [0.15, 0.2) is 0 Å². The van der Waals surface area contributed by atoms with E-state index in [2.05, 4.69) is 10.6 Å². The fourth-order valence-corrected chi connectivity index (χ4v) is 4.17. The van der Waals surface area contributed by atoms with Crippen LogP contribution in [0.4, 0.5) is 0 Å². The van der Waals surface area contributed by atoms with Crippen molar-refractivity contribution in [2.24, 2.45) is 11.7 Å². The molecule has 1 aromatic carbocycles. The molecule has 30 heavy (non-hydrogen) atoms. The molecule has 1 aromatic rings. The van der Waals surface area contributed by atoms with Crippen LogP contribution in [-0.2, 0) is 20.8 Å². The number of aryl methyl sites for hydroxylation is 1. The van der Waals surface area contributed by atoms with Crippen LogP contribution < -0.4 is 16.4 Å². The Hall–Kier alpha value is -2.49. The molecule has 9 nitrogen and oxygen atoms in total. The molecule has 9 heteroatoms. The van der Waals surface area contributed by atoms with Crippen molar-refractivity contribution in [1.82, 2.24) is 15.5 Å². The second-order valence-electron chi connectivity index (χ2n) is 8.12. The summed E-state index contributed by atoms with van der Waals surface area (Å²) in [5.41, 5.74) is 6.68. The Morgan fingerprint density at radius 3 is 2.60 bits per heavy atom. The highest BCUT2D eigenvalue weighted by atomic mass is 16.4. The van der Waals surface area contributed by atoms with Gasteiger partial charge in [-0.05, 0) is 43.8 Å². The molecular weight excluding hydrogens is 388 g/mol. The molecule has 3 rings (SSSR count). The highest BCUT2D eigenvalue weighted by molar-refractivity contribution is 5.88. The number of hydrogen-bond acceptors (Lipinski definition) is 6. The lowest BCUT2D eigenvalue weighted by Crippen LogP contribution is -2.49. The number of aliphatic hydroxyl groups excluding tert-OH is 1. The number of nitrogens with two attached hydrogens (primary N) is 1. The molecule has 2 amide bonds. The van der Waals surface area contributed by atoms with Crippen LogP contribution in [0.1, 0.15) is 24.8 Å². The van der Waals surface area contributed by atoms with Gasteiger partial charge in [-0.2, -0.15) is 0 Å². The molecule has 5 atom stereocenters. The molecule has 2 aliphatic rings. The quantitative estimate of drug-likeness (QED) is 0.367. The van der Waals surface area contributed by atoms with Crippen molar-refractivity contribution in [3.63, 3.8) is 0 Å². The van der Waals surface area contributed by atoms with E-state index in [0.717, 1.165) is 5.56 Å². The van der Waals surface area contributed by atoms with Crippen LogP contribution >= 0.6 is 0 Å². The van der Waals surface area contributed by atoms with Crippen molar-refractivity contribution in [3.05, 3.63) is 35.9 Å². The summed E-state index contributed by atoms with van der Waals surface area (Å²) in [5, 5.41) is 25.6.